The van der Waals surface area contributed by atoms with Gasteiger partial charge >= 0.3 is 12.1 Å². The molecule has 0 atom stereocenters. The molecule has 0 aromatic heterocycles. The minimum atomic E-state index is -0.451. The molecular weight excluding hydrogens is 258 g/mol. The lowest BCUT2D eigenvalue weighted by Crippen LogP contribution is -2.24. The smallest absolute Gasteiger partial charge is 0.414 e. The van der Waals surface area contributed by atoms with Crippen molar-refractivity contribution in [3.8, 4) is 0 Å². The van der Waals surface area contributed by atoms with Crippen LogP contribution in [0.5, 0.6) is 0 Å². The predicted octanol–water partition coefficient (Wildman–Crippen LogP) is 2.48. The Morgan fingerprint density at radius 1 is 1.20 bits per heavy atom. The first kappa shape index (κ1) is 14.1. The molecule has 2 rings (SSSR count). The molecule has 1 aromatic carbocycles. The summed E-state index contributed by atoms with van der Waals surface area (Å²) in [6.45, 7) is 2.74. The van der Waals surface area contributed by atoms with Gasteiger partial charge in [-0.25, -0.2) is 9.59 Å². The highest BCUT2D eigenvalue weighted by molar-refractivity contribution is 5.90. The number of hydrogen-bond donors (Lipinski definition) is 0. The fourth-order valence-corrected chi connectivity index (χ4v) is 1.88. The second kappa shape index (κ2) is 6.75. The second-order valence-corrected chi connectivity index (χ2v) is 4.36. The topological polar surface area (TPSA) is 55.8 Å². The summed E-state index contributed by atoms with van der Waals surface area (Å²) < 4.78 is 10.1. The van der Waals surface area contributed by atoms with Crippen molar-refractivity contribution < 1.29 is 19.1 Å². The Morgan fingerprint density at radius 3 is 2.65 bits per heavy atom. The summed E-state index contributed by atoms with van der Waals surface area (Å²) in [4.78, 5) is 24.8. The number of amides is 1. The normalized spacial score (nSPS) is 13.8. The van der Waals surface area contributed by atoms with Gasteiger partial charge in [0.05, 0.1) is 12.2 Å². The van der Waals surface area contributed by atoms with Crippen LogP contribution in [0, 0.1) is 0 Å². The predicted molar refractivity (Wildman–Crippen MR) is 72.7 cm³/mol. The molecule has 0 saturated heterocycles. The minimum absolute atomic E-state index is 0.221. The number of hydrogen-bond acceptors (Lipinski definition) is 4. The van der Waals surface area contributed by atoms with Crippen molar-refractivity contribution in [2.45, 2.75) is 20.0 Å². The van der Waals surface area contributed by atoms with Crippen LogP contribution in [0.25, 0.3) is 0 Å². The van der Waals surface area contributed by atoms with Crippen LogP contribution in [-0.4, -0.2) is 30.1 Å². The highest BCUT2D eigenvalue weighted by Crippen LogP contribution is 2.17. The molecule has 0 fully saturated rings. The van der Waals surface area contributed by atoms with Gasteiger partial charge in [0.1, 0.15) is 6.61 Å². The van der Waals surface area contributed by atoms with Crippen molar-refractivity contribution in [1.82, 2.24) is 4.90 Å². The molecule has 1 aliphatic heterocycles. The van der Waals surface area contributed by atoms with Gasteiger partial charge in [-0.2, -0.15) is 0 Å². The molecule has 106 valence electrons. The summed E-state index contributed by atoms with van der Waals surface area (Å²) in [5, 5.41) is 0. The molecule has 0 spiro atoms. The van der Waals surface area contributed by atoms with Crippen LogP contribution in [0.15, 0.2) is 42.1 Å². The number of carbonyl (C=O) groups is 2. The Bertz CT molecular complexity index is 510. The van der Waals surface area contributed by atoms with E-state index < -0.39 is 6.09 Å². The minimum Gasteiger partial charge on any atom is -0.463 e. The van der Waals surface area contributed by atoms with Crippen LogP contribution < -0.4 is 0 Å². The average Bonchev–Trinajstić information content (AvgIpc) is 2.96. The van der Waals surface area contributed by atoms with E-state index in [-0.39, 0.29) is 12.6 Å². The third-order valence-electron chi connectivity index (χ3n) is 2.91. The quantitative estimate of drug-likeness (QED) is 0.792. The van der Waals surface area contributed by atoms with Crippen molar-refractivity contribution in [2.24, 2.45) is 0 Å². The molecule has 0 radical (unpaired) electrons. The van der Waals surface area contributed by atoms with E-state index in [4.69, 9.17) is 9.47 Å². The number of ether oxygens (including phenoxy) is 2. The molecular formula is C15H17NO4. The molecule has 1 amide bonds. The highest BCUT2D eigenvalue weighted by Gasteiger charge is 2.24. The zero-order valence-electron chi connectivity index (χ0n) is 11.4. The molecule has 20 heavy (non-hydrogen) atoms. The van der Waals surface area contributed by atoms with E-state index in [2.05, 4.69) is 0 Å². The van der Waals surface area contributed by atoms with Crippen LogP contribution in [-0.2, 0) is 20.9 Å². The first-order chi connectivity index (χ1) is 9.70. The van der Waals surface area contributed by atoms with Crippen molar-refractivity contribution in [2.75, 3.05) is 13.2 Å². The molecule has 5 heteroatoms. The summed E-state index contributed by atoms with van der Waals surface area (Å²) >= 11 is 0. The molecule has 0 bridgehead atoms. The van der Waals surface area contributed by atoms with E-state index in [1.54, 1.807) is 6.92 Å². The lowest BCUT2D eigenvalue weighted by molar-refractivity contribution is -0.138. The van der Waals surface area contributed by atoms with Crippen LogP contribution >= 0.6 is 0 Å². The molecule has 0 unspecified atom stereocenters. The van der Waals surface area contributed by atoms with Crippen LogP contribution in [0.4, 0.5) is 4.79 Å². The van der Waals surface area contributed by atoms with Gasteiger partial charge in [-0.1, -0.05) is 30.3 Å². The van der Waals surface area contributed by atoms with Gasteiger partial charge < -0.3 is 9.47 Å². The lowest BCUT2D eigenvalue weighted by Gasteiger charge is -2.13. The molecule has 1 aliphatic rings. The van der Waals surface area contributed by atoms with Gasteiger partial charge in [0.25, 0.3) is 0 Å². The van der Waals surface area contributed by atoms with E-state index in [1.165, 1.54) is 11.1 Å². The van der Waals surface area contributed by atoms with Gasteiger partial charge in [0.15, 0.2) is 0 Å². The molecule has 0 N–H and O–H groups in total. The van der Waals surface area contributed by atoms with Crippen molar-refractivity contribution in [3.63, 3.8) is 0 Å². The Balaban J connectivity index is 1.86. The number of esters is 1. The van der Waals surface area contributed by atoms with Crippen molar-refractivity contribution in [3.05, 3.63) is 47.7 Å². The lowest BCUT2D eigenvalue weighted by atomic mass is 10.2. The summed E-state index contributed by atoms with van der Waals surface area (Å²) in [6.07, 6.45) is 1.55. The zero-order valence-corrected chi connectivity index (χ0v) is 11.4. The fourth-order valence-electron chi connectivity index (χ4n) is 1.88. The van der Waals surface area contributed by atoms with Crippen LogP contribution in [0.1, 0.15) is 18.9 Å². The van der Waals surface area contributed by atoms with Crippen LogP contribution in [0.3, 0.4) is 0 Å². The fraction of sp³-hybridized carbons (Fsp3) is 0.333. The molecule has 0 saturated carbocycles. The number of nitrogens with zero attached hydrogens (tertiary/aromatic N) is 1. The number of benzene rings is 1. The largest absolute Gasteiger partial charge is 0.463 e. The molecule has 1 heterocycles. The van der Waals surface area contributed by atoms with Crippen LogP contribution in [0.2, 0.25) is 0 Å². The van der Waals surface area contributed by atoms with Gasteiger partial charge in [0.2, 0.25) is 0 Å². The zero-order chi connectivity index (χ0) is 14.4. The Morgan fingerprint density at radius 2 is 1.95 bits per heavy atom. The number of rotatable bonds is 4. The maximum atomic E-state index is 11.9. The van der Waals surface area contributed by atoms with E-state index >= 15 is 0 Å². The van der Waals surface area contributed by atoms with E-state index in [9.17, 15) is 9.59 Å². The van der Waals surface area contributed by atoms with Gasteiger partial charge in [-0.15, -0.1) is 0 Å². The first-order valence-electron chi connectivity index (χ1n) is 6.56. The van der Waals surface area contributed by atoms with Crippen molar-refractivity contribution >= 4 is 12.1 Å². The van der Waals surface area contributed by atoms with Crippen molar-refractivity contribution in [1.29, 1.82) is 0 Å². The Kier molecular flexibility index (Phi) is 4.76. The maximum absolute atomic E-state index is 11.9. The Hall–Kier alpha value is -2.30. The van der Waals surface area contributed by atoms with Gasteiger partial charge in [0, 0.05) is 12.7 Å². The van der Waals surface area contributed by atoms with E-state index in [1.807, 2.05) is 30.3 Å². The average molecular weight is 275 g/mol. The highest BCUT2D eigenvalue weighted by atomic mass is 16.6. The summed E-state index contributed by atoms with van der Waals surface area (Å²) in [5.41, 5.74) is 1.43. The standard InChI is InChI=1S/C15H17NO4/c1-2-19-14(17)13-8-9-16(10-13)15(18)20-11-12-6-4-3-5-7-12/h3-7,10H,2,8-9,11H2,1H3. The second-order valence-electron chi connectivity index (χ2n) is 4.36. The SMILES string of the molecule is CCOC(=O)C1=CN(C(=O)OCc2ccccc2)CC1. The van der Waals surface area contributed by atoms with Gasteiger partial charge in [-0.05, 0) is 18.9 Å². The van der Waals surface area contributed by atoms with E-state index in [0.29, 0.717) is 25.1 Å². The molecule has 1 aromatic rings. The summed E-state index contributed by atoms with van der Waals surface area (Å²) in [7, 11) is 0. The Labute approximate surface area is 117 Å². The third-order valence-corrected chi connectivity index (χ3v) is 2.91. The van der Waals surface area contributed by atoms with Gasteiger partial charge in [-0.3, -0.25) is 4.90 Å². The summed E-state index contributed by atoms with van der Waals surface area (Å²) in [5.74, 6) is -0.370. The molecule has 0 aliphatic carbocycles. The number of carbonyl (C=O) groups excluding carboxylic acids is 2. The summed E-state index contributed by atoms with van der Waals surface area (Å²) in [6, 6.07) is 9.45. The monoisotopic (exact) mass is 275 g/mol. The molecule has 5 nitrogen and oxygen atoms in total. The third kappa shape index (κ3) is 3.60. The van der Waals surface area contributed by atoms with E-state index in [0.717, 1.165) is 5.56 Å². The first-order valence-corrected chi connectivity index (χ1v) is 6.56. The maximum Gasteiger partial charge on any atom is 0.414 e.